The summed E-state index contributed by atoms with van der Waals surface area (Å²) in [4.78, 5) is 54.4. The van der Waals surface area contributed by atoms with E-state index in [0.29, 0.717) is 12.1 Å². The summed E-state index contributed by atoms with van der Waals surface area (Å²) in [6.45, 7) is 13.0. The van der Waals surface area contributed by atoms with Gasteiger partial charge in [-0.2, -0.15) is 0 Å². The molecule has 4 aromatic rings. The van der Waals surface area contributed by atoms with Crippen LogP contribution in [0.15, 0.2) is 60.9 Å². The second kappa shape index (κ2) is 23.6. The van der Waals surface area contributed by atoms with Gasteiger partial charge in [0.05, 0.1) is 23.8 Å². The third-order valence-electron chi connectivity index (χ3n) is 7.27. The Morgan fingerprint density at radius 3 is 2.00 bits per heavy atom. The van der Waals surface area contributed by atoms with Crippen LogP contribution in [0.4, 0.5) is 11.4 Å². The van der Waals surface area contributed by atoms with E-state index in [2.05, 4.69) is 53.2 Å². The van der Waals surface area contributed by atoms with Gasteiger partial charge in [-0.1, -0.05) is 31.5 Å². The van der Waals surface area contributed by atoms with Gasteiger partial charge in [0.25, 0.3) is 0 Å². The second-order valence-corrected chi connectivity index (χ2v) is 14.0. The maximum Gasteiger partial charge on any atom is 0.466 e. The number of hydrogen-bond donors (Lipinski definition) is 9. The van der Waals surface area contributed by atoms with Crippen LogP contribution in [0.25, 0.3) is 21.8 Å². The highest BCUT2D eigenvalue weighted by molar-refractivity contribution is 7.45. The van der Waals surface area contributed by atoms with Crippen LogP contribution in [-0.2, 0) is 9.13 Å². The lowest BCUT2D eigenvalue weighted by Crippen LogP contribution is -2.25. The van der Waals surface area contributed by atoms with Crippen molar-refractivity contribution >= 4 is 60.4 Å². The number of aromatic nitrogens is 2. The van der Waals surface area contributed by atoms with E-state index in [9.17, 15) is 0 Å². The van der Waals surface area contributed by atoms with Crippen LogP contribution >= 0.6 is 27.2 Å². The van der Waals surface area contributed by atoms with Gasteiger partial charge in [-0.25, -0.2) is 9.13 Å². The van der Waals surface area contributed by atoms with Crippen molar-refractivity contribution in [2.75, 3.05) is 43.9 Å². The van der Waals surface area contributed by atoms with Crippen molar-refractivity contribution in [3.05, 3.63) is 65.9 Å². The molecule has 4 rings (SSSR count). The molecule has 0 fully saturated rings. The molecule has 0 radical (unpaired) electrons. The molecule has 0 aliphatic heterocycles. The topological polar surface area (TPSA) is 244 Å². The molecule has 2 atom stereocenters. The molecule has 18 heteroatoms. The molecule has 2 heterocycles. The monoisotopic (exact) mass is 774 g/mol. The van der Waals surface area contributed by atoms with E-state index in [-0.39, 0.29) is 0 Å². The minimum atomic E-state index is -4.64. The van der Waals surface area contributed by atoms with Gasteiger partial charge in [-0.15, -0.1) is 0 Å². The molecule has 0 saturated heterocycles. The van der Waals surface area contributed by atoms with Crippen molar-refractivity contribution in [2.24, 2.45) is 5.73 Å². The van der Waals surface area contributed by atoms with Gasteiger partial charge in [0, 0.05) is 52.0 Å². The van der Waals surface area contributed by atoms with Crippen molar-refractivity contribution in [2.45, 2.75) is 65.5 Å². The Kier molecular flexibility index (Phi) is 21.3. The number of pyridine rings is 2. The predicted molar refractivity (Wildman–Crippen MR) is 205 cm³/mol. The summed E-state index contributed by atoms with van der Waals surface area (Å²) in [6, 6.07) is 16.7. The van der Waals surface area contributed by atoms with Crippen LogP contribution in [-0.4, -0.2) is 89.6 Å². The highest BCUT2D eigenvalue weighted by Gasteiger charge is 2.10. The number of hydrogen-bond acceptors (Lipinski definition) is 9. The summed E-state index contributed by atoms with van der Waals surface area (Å²) in [5.41, 5.74) is 9.61. The number of ether oxygens (including phenoxy) is 1. The standard InChI is InChI=1S/C18H26ClN3.C15H21N3O.2H3O4P/c1-4-22(5-2)12-6-7-14(3)21-17-10-11-20-18-13-15(19)8-9-16(17)18;1-11(5-3-7-16)18-14-10-13(19-2)9-12-6-4-8-17-15(12)14;2*1-5(2,3)4/h8-11,13-14H,4-7,12H2,1-3H3,(H,20,21);4,6,8-11,18H,3,5,7,16H2,1-2H3;2*(H3,1,2,3,4). The molecule has 0 amide bonds. The fourth-order valence-corrected chi connectivity index (χ4v) is 5.07. The van der Waals surface area contributed by atoms with Gasteiger partial charge in [-0.05, 0) is 102 Å². The summed E-state index contributed by atoms with van der Waals surface area (Å²) in [5.74, 6) is 0.842. The Bertz CT molecular complexity index is 1660. The van der Waals surface area contributed by atoms with E-state index >= 15 is 0 Å². The normalized spacial score (nSPS) is 12.4. The molecule has 2 aromatic carbocycles. The number of rotatable bonds is 14. The number of anilines is 2. The van der Waals surface area contributed by atoms with E-state index in [1.54, 1.807) is 7.11 Å². The number of phosphoric acid groups is 2. The highest BCUT2D eigenvalue weighted by Crippen LogP contribution is 2.29. The van der Waals surface area contributed by atoms with Crippen molar-refractivity contribution in [1.29, 1.82) is 0 Å². The molecule has 2 aromatic heterocycles. The molecular formula is C33H53ClN6O9P2. The number of nitrogens with zero attached hydrogens (tertiary/aromatic N) is 3. The lowest BCUT2D eigenvalue weighted by molar-refractivity contribution is 0.272. The molecule has 10 N–H and O–H groups in total. The summed E-state index contributed by atoms with van der Waals surface area (Å²) in [5, 5.41) is 10.0. The van der Waals surface area contributed by atoms with Crippen LogP contribution in [0.5, 0.6) is 5.75 Å². The lowest BCUT2D eigenvalue weighted by atomic mass is 10.1. The maximum atomic E-state index is 8.88. The number of nitrogens with one attached hydrogen (secondary N) is 2. The van der Waals surface area contributed by atoms with E-state index < -0.39 is 15.6 Å². The first kappa shape index (κ1) is 46.1. The molecule has 0 aliphatic rings. The van der Waals surface area contributed by atoms with Gasteiger partial charge in [0.15, 0.2) is 0 Å². The van der Waals surface area contributed by atoms with Gasteiger partial charge in [-0.3, -0.25) is 9.97 Å². The molecule has 286 valence electrons. The maximum absolute atomic E-state index is 8.88. The smallest absolute Gasteiger partial charge is 0.466 e. The van der Waals surface area contributed by atoms with E-state index in [4.69, 9.17) is 60.6 Å². The summed E-state index contributed by atoms with van der Waals surface area (Å²) in [6.07, 6.45) is 8.08. The number of benzene rings is 2. The average Bonchev–Trinajstić information content (AvgIpc) is 3.04. The Labute approximate surface area is 304 Å². The van der Waals surface area contributed by atoms with Gasteiger partial charge >= 0.3 is 15.6 Å². The molecular weight excluding hydrogens is 722 g/mol. The Morgan fingerprint density at radius 2 is 1.43 bits per heavy atom. The number of halogens is 1. The Hall–Kier alpha value is -2.91. The largest absolute Gasteiger partial charge is 0.497 e. The fraction of sp³-hybridized carbons (Fsp3) is 0.455. The predicted octanol–water partition coefficient (Wildman–Crippen LogP) is 5.74. The molecule has 0 bridgehead atoms. The lowest BCUT2D eigenvalue weighted by Gasteiger charge is -2.20. The van der Waals surface area contributed by atoms with Crippen LogP contribution in [0, 0.1) is 0 Å². The van der Waals surface area contributed by atoms with Crippen molar-refractivity contribution in [1.82, 2.24) is 14.9 Å². The minimum absolute atomic E-state index is 0.362. The second-order valence-electron chi connectivity index (χ2n) is 11.5. The van der Waals surface area contributed by atoms with Gasteiger partial charge < -0.3 is 55.4 Å². The zero-order valence-corrected chi connectivity index (χ0v) is 32.2. The first-order valence-electron chi connectivity index (χ1n) is 16.4. The first-order valence-corrected chi connectivity index (χ1v) is 19.9. The van der Waals surface area contributed by atoms with Crippen molar-refractivity contribution in [3.8, 4) is 5.75 Å². The van der Waals surface area contributed by atoms with Gasteiger partial charge in [0.2, 0.25) is 0 Å². The van der Waals surface area contributed by atoms with Crippen molar-refractivity contribution < 1.29 is 43.2 Å². The van der Waals surface area contributed by atoms with E-state index in [1.165, 1.54) is 13.0 Å². The molecule has 0 spiro atoms. The summed E-state index contributed by atoms with van der Waals surface area (Å²) < 4.78 is 23.1. The van der Waals surface area contributed by atoms with Crippen LogP contribution in [0.2, 0.25) is 5.02 Å². The third-order valence-corrected chi connectivity index (χ3v) is 7.50. The van der Waals surface area contributed by atoms with E-state index in [0.717, 1.165) is 82.8 Å². The first-order chi connectivity index (χ1) is 23.9. The molecule has 0 saturated carbocycles. The Balaban J connectivity index is 0.000000406. The van der Waals surface area contributed by atoms with Crippen LogP contribution < -0.4 is 21.1 Å². The zero-order chi connectivity index (χ0) is 38.6. The molecule has 0 aliphatic carbocycles. The summed E-state index contributed by atoms with van der Waals surface area (Å²) in [7, 11) is -7.60. The quantitative estimate of drug-likeness (QED) is 0.0694. The van der Waals surface area contributed by atoms with Crippen molar-refractivity contribution in [3.63, 3.8) is 0 Å². The zero-order valence-electron chi connectivity index (χ0n) is 29.7. The number of nitrogens with two attached hydrogens (primary N) is 1. The fourth-order valence-electron chi connectivity index (χ4n) is 4.90. The Morgan fingerprint density at radius 1 is 0.843 bits per heavy atom. The molecule has 2 unspecified atom stereocenters. The third kappa shape index (κ3) is 21.3. The molecule has 15 nitrogen and oxygen atoms in total. The number of fused-ring (bicyclic) bond motifs is 2. The SMILES string of the molecule is CCN(CC)CCCC(C)Nc1ccnc2cc(Cl)ccc12.COc1cc(NC(C)CCCN)c2ncccc2c1.O=P(O)(O)O.O=P(O)(O)O. The molecule has 51 heavy (non-hydrogen) atoms. The van der Waals surface area contributed by atoms with Crippen LogP contribution in [0.3, 0.4) is 0 Å². The number of methoxy groups -OCH3 is 1. The average molecular weight is 775 g/mol. The minimum Gasteiger partial charge on any atom is -0.497 e. The van der Waals surface area contributed by atoms with Gasteiger partial charge in [0.1, 0.15) is 5.75 Å². The van der Waals surface area contributed by atoms with Crippen LogP contribution in [0.1, 0.15) is 53.4 Å². The van der Waals surface area contributed by atoms with E-state index in [1.807, 2.05) is 60.9 Å². The highest BCUT2D eigenvalue weighted by atomic mass is 35.5. The summed E-state index contributed by atoms with van der Waals surface area (Å²) >= 11 is 6.04.